The molecule has 0 aliphatic heterocycles. The van der Waals surface area contributed by atoms with Crippen molar-refractivity contribution in [2.75, 3.05) is 6.61 Å². The Kier molecular flexibility index (Phi) is 4.60. The summed E-state index contributed by atoms with van der Waals surface area (Å²) >= 11 is 1.25. The third-order valence-corrected chi connectivity index (χ3v) is 5.07. The minimum atomic E-state index is -0.873. The van der Waals surface area contributed by atoms with Crippen molar-refractivity contribution in [3.05, 3.63) is 21.9 Å². The maximum Gasteiger partial charge on any atom is 0.346 e. The van der Waals surface area contributed by atoms with Gasteiger partial charge >= 0.3 is 5.97 Å². The molecule has 0 saturated heterocycles. The fourth-order valence-corrected chi connectivity index (χ4v) is 3.41. The van der Waals surface area contributed by atoms with Gasteiger partial charge in [-0.15, -0.1) is 11.3 Å². The third-order valence-electron chi connectivity index (χ3n) is 4.13. The highest BCUT2D eigenvalue weighted by molar-refractivity contribution is 7.12. The van der Waals surface area contributed by atoms with Crippen LogP contribution in [0.25, 0.3) is 0 Å². The van der Waals surface area contributed by atoms with Crippen molar-refractivity contribution in [3.8, 4) is 0 Å². The van der Waals surface area contributed by atoms with Crippen molar-refractivity contribution >= 4 is 17.3 Å². The monoisotopic (exact) mass is 283 g/mol. The van der Waals surface area contributed by atoms with Gasteiger partial charge in [0.2, 0.25) is 0 Å². The van der Waals surface area contributed by atoms with E-state index in [1.54, 1.807) is 5.38 Å². The van der Waals surface area contributed by atoms with Crippen LogP contribution in [-0.2, 0) is 6.54 Å². The molecule has 0 amide bonds. The fraction of sp³-hybridized carbons (Fsp3) is 0.643. The van der Waals surface area contributed by atoms with Crippen LogP contribution in [0.15, 0.2) is 11.4 Å². The van der Waals surface area contributed by atoms with Crippen molar-refractivity contribution < 1.29 is 15.0 Å². The maximum atomic E-state index is 11.1. The first-order chi connectivity index (χ1) is 9.06. The highest BCUT2D eigenvalue weighted by Gasteiger charge is 2.33. The smallest absolute Gasteiger partial charge is 0.346 e. The Morgan fingerprint density at radius 2 is 2.21 bits per heavy atom. The molecule has 1 saturated carbocycles. The fourth-order valence-electron chi connectivity index (χ4n) is 2.65. The average molecular weight is 283 g/mol. The first kappa shape index (κ1) is 14.5. The molecule has 0 spiro atoms. The van der Waals surface area contributed by atoms with E-state index in [1.165, 1.54) is 11.3 Å². The van der Waals surface area contributed by atoms with E-state index in [-0.39, 0.29) is 12.1 Å². The topological polar surface area (TPSA) is 69.6 Å². The zero-order valence-electron chi connectivity index (χ0n) is 11.2. The number of thiophene rings is 1. The number of carbonyl (C=O) groups is 1. The molecular weight excluding hydrogens is 262 g/mol. The molecule has 1 fully saturated rings. The molecule has 1 heterocycles. The number of hydrogen-bond donors (Lipinski definition) is 3. The summed E-state index contributed by atoms with van der Waals surface area (Å²) in [6.45, 7) is 2.87. The normalized spacial score (nSPS) is 27.4. The zero-order chi connectivity index (χ0) is 13.9. The molecule has 4 nitrogen and oxygen atoms in total. The van der Waals surface area contributed by atoms with Crippen LogP contribution < -0.4 is 5.32 Å². The van der Waals surface area contributed by atoms with Crippen molar-refractivity contribution in [1.29, 1.82) is 0 Å². The lowest BCUT2D eigenvalue weighted by Gasteiger charge is -2.39. The lowest BCUT2D eigenvalue weighted by molar-refractivity contribution is 0.0700. The summed E-state index contributed by atoms with van der Waals surface area (Å²) in [7, 11) is 0. The molecule has 1 aliphatic carbocycles. The Labute approximate surface area is 117 Å². The molecule has 0 atom stereocenters. The number of rotatable bonds is 5. The van der Waals surface area contributed by atoms with Gasteiger partial charge in [0, 0.05) is 12.1 Å². The van der Waals surface area contributed by atoms with Gasteiger partial charge in [0.15, 0.2) is 0 Å². The molecule has 1 aliphatic rings. The van der Waals surface area contributed by atoms with Gasteiger partial charge in [-0.1, -0.05) is 6.92 Å². The Morgan fingerprint density at radius 1 is 1.53 bits per heavy atom. The second kappa shape index (κ2) is 6.03. The number of aromatic carboxylic acids is 1. The molecule has 5 heteroatoms. The van der Waals surface area contributed by atoms with Gasteiger partial charge in [-0.05, 0) is 48.6 Å². The van der Waals surface area contributed by atoms with Gasteiger partial charge in [0.1, 0.15) is 4.88 Å². The van der Waals surface area contributed by atoms with Crippen LogP contribution in [0, 0.1) is 5.92 Å². The summed E-state index contributed by atoms with van der Waals surface area (Å²) in [4.78, 5) is 11.5. The van der Waals surface area contributed by atoms with Crippen LogP contribution in [0.2, 0.25) is 0 Å². The van der Waals surface area contributed by atoms with Gasteiger partial charge in [-0.2, -0.15) is 0 Å². The van der Waals surface area contributed by atoms with E-state index >= 15 is 0 Å². The van der Waals surface area contributed by atoms with E-state index in [9.17, 15) is 9.90 Å². The molecule has 106 valence electrons. The van der Waals surface area contributed by atoms with Crippen LogP contribution in [-0.4, -0.2) is 28.3 Å². The van der Waals surface area contributed by atoms with Crippen LogP contribution in [0.5, 0.6) is 0 Å². The Balaban J connectivity index is 2.00. The molecule has 0 radical (unpaired) electrons. The standard InChI is InChI=1S/C14H21NO3S/c1-10-2-5-14(9-16,6-3-10)15-8-11-4-7-19-12(11)13(17)18/h4,7,10,15-16H,2-3,5-6,8-9H2,1H3,(H,17,18). The van der Waals surface area contributed by atoms with Crippen molar-refractivity contribution in [2.45, 2.75) is 44.7 Å². The quantitative estimate of drug-likeness (QED) is 0.776. The predicted octanol–water partition coefficient (Wildman–Crippen LogP) is 2.48. The number of aliphatic hydroxyl groups is 1. The summed E-state index contributed by atoms with van der Waals surface area (Å²) in [5, 5.41) is 23.9. The molecule has 3 N–H and O–H groups in total. The minimum absolute atomic E-state index is 0.117. The lowest BCUT2D eigenvalue weighted by Crippen LogP contribution is -2.50. The van der Waals surface area contributed by atoms with Crippen LogP contribution in [0.1, 0.15) is 47.8 Å². The zero-order valence-corrected chi connectivity index (χ0v) is 12.0. The first-order valence-electron chi connectivity index (χ1n) is 6.72. The number of carboxylic acids is 1. The third kappa shape index (κ3) is 3.35. The SMILES string of the molecule is CC1CCC(CO)(NCc2ccsc2C(=O)O)CC1. The molecule has 0 aromatic carbocycles. The summed E-state index contributed by atoms with van der Waals surface area (Å²) in [5.41, 5.74) is 0.577. The van der Waals surface area contributed by atoms with E-state index in [0.717, 1.165) is 37.2 Å². The van der Waals surface area contributed by atoms with Crippen LogP contribution >= 0.6 is 11.3 Å². The number of aliphatic hydroxyl groups excluding tert-OH is 1. The molecule has 1 aromatic rings. The minimum Gasteiger partial charge on any atom is -0.477 e. The lowest BCUT2D eigenvalue weighted by atomic mass is 9.77. The second-order valence-corrected chi connectivity index (χ2v) is 6.47. The van der Waals surface area contributed by atoms with E-state index in [4.69, 9.17) is 5.11 Å². The molecule has 19 heavy (non-hydrogen) atoms. The van der Waals surface area contributed by atoms with Crippen molar-refractivity contribution in [1.82, 2.24) is 5.32 Å². The molecule has 0 bridgehead atoms. The molecule has 1 aromatic heterocycles. The van der Waals surface area contributed by atoms with Crippen molar-refractivity contribution in [3.63, 3.8) is 0 Å². The Hall–Kier alpha value is -0.910. The van der Waals surface area contributed by atoms with E-state index in [2.05, 4.69) is 12.2 Å². The van der Waals surface area contributed by atoms with Crippen LogP contribution in [0.3, 0.4) is 0 Å². The summed E-state index contributed by atoms with van der Waals surface area (Å²) in [5.74, 6) is -0.153. The Bertz CT molecular complexity index is 436. The average Bonchev–Trinajstić information content (AvgIpc) is 2.87. The summed E-state index contributed by atoms with van der Waals surface area (Å²) < 4.78 is 0. The summed E-state index contributed by atoms with van der Waals surface area (Å²) in [6.07, 6.45) is 4.14. The van der Waals surface area contributed by atoms with Gasteiger partial charge in [-0.25, -0.2) is 4.79 Å². The van der Waals surface area contributed by atoms with Crippen LogP contribution in [0.4, 0.5) is 0 Å². The largest absolute Gasteiger partial charge is 0.477 e. The molecule has 2 rings (SSSR count). The second-order valence-electron chi connectivity index (χ2n) is 5.55. The van der Waals surface area contributed by atoms with E-state index in [0.29, 0.717) is 11.4 Å². The summed E-state index contributed by atoms with van der Waals surface area (Å²) in [6, 6.07) is 1.84. The highest BCUT2D eigenvalue weighted by atomic mass is 32.1. The van der Waals surface area contributed by atoms with E-state index in [1.807, 2.05) is 6.07 Å². The van der Waals surface area contributed by atoms with Gasteiger partial charge in [0.25, 0.3) is 0 Å². The van der Waals surface area contributed by atoms with Gasteiger partial charge in [-0.3, -0.25) is 0 Å². The number of hydrogen-bond acceptors (Lipinski definition) is 4. The maximum absolute atomic E-state index is 11.1. The highest BCUT2D eigenvalue weighted by Crippen LogP contribution is 2.32. The van der Waals surface area contributed by atoms with E-state index < -0.39 is 5.97 Å². The number of nitrogens with one attached hydrogen (secondary N) is 1. The van der Waals surface area contributed by atoms with Gasteiger partial charge < -0.3 is 15.5 Å². The predicted molar refractivity (Wildman–Crippen MR) is 75.6 cm³/mol. The molecule has 0 unspecified atom stereocenters. The first-order valence-corrected chi connectivity index (χ1v) is 7.60. The molecular formula is C14H21NO3S. The number of carboxylic acid groups (broad SMARTS) is 1. The Morgan fingerprint density at radius 3 is 2.79 bits per heavy atom. The van der Waals surface area contributed by atoms with Crippen molar-refractivity contribution in [2.24, 2.45) is 5.92 Å². The van der Waals surface area contributed by atoms with Gasteiger partial charge in [0.05, 0.1) is 6.61 Å².